The van der Waals surface area contributed by atoms with E-state index in [0.717, 1.165) is 38.5 Å². The van der Waals surface area contributed by atoms with Crippen molar-refractivity contribution in [2.45, 2.75) is 20.4 Å². The van der Waals surface area contributed by atoms with Crippen molar-refractivity contribution in [1.29, 1.82) is 0 Å². The molecule has 0 saturated carbocycles. The third kappa shape index (κ3) is 7.10. The van der Waals surface area contributed by atoms with E-state index >= 15 is 0 Å². The van der Waals surface area contributed by atoms with Gasteiger partial charge in [0.1, 0.15) is 5.75 Å². The van der Waals surface area contributed by atoms with Crippen LogP contribution in [-0.4, -0.2) is 54.5 Å². The van der Waals surface area contributed by atoms with Gasteiger partial charge in [-0.25, -0.2) is 0 Å². The lowest BCUT2D eigenvalue weighted by Crippen LogP contribution is -2.31. The van der Waals surface area contributed by atoms with Crippen molar-refractivity contribution >= 4 is 0 Å². The van der Waals surface area contributed by atoms with Gasteiger partial charge in [0.2, 0.25) is 0 Å². The second kappa shape index (κ2) is 9.72. The monoisotopic (exact) mass is 268 g/mol. The zero-order chi connectivity index (χ0) is 13.9. The van der Waals surface area contributed by atoms with Crippen LogP contribution in [0.4, 0.5) is 0 Å². The molecule has 1 rings (SSSR count). The number of rotatable bonds is 10. The number of hydrogen-bond acceptors (Lipinski definition) is 5. The lowest BCUT2D eigenvalue weighted by molar-refractivity contribution is 0.0792. The largest absolute Gasteiger partial charge is 0.506 e. The second-order valence-corrected chi connectivity index (χ2v) is 4.18. The normalized spacial score (nSPS) is 11.1. The van der Waals surface area contributed by atoms with Crippen LogP contribution >= 0.6 is 0 Å². The molecular weight excluding hydrogens is 244 g/mol. The molecule has 0 saturated heterocycles. The van der Waals surface area contributed by atoms with E-state index in [1.165, 1.54) is 6.20 Å². The van der Waals surface area contributed by atoms with E-state index in [-0.39, 0.29) is 5.75 Å². The number of pyridine rings is 1. The van der Waals surface area contributed by atoms with E-state index in [1.54, 1.807) is 6.07 Å². The molecule has 1 aromatic rings. The van der Waals surface area contributed by atoms with E-state index < -0.39 is 0 Å². The Bertz CT molecular complexity index is 320. The van der Waals surface area contributed by atoms with Crippen LogP contribution in [-0.2, 0) is 16.0 Å². The van der Waals surface area contributed by atoms with Crippen molar-refractivity contribution in [1.82, 2.24) is 9.88 Å². The van der Waals surface area contributed by atoms with Crippen molar-refractivity contribution in [3.63, 3.8) is 0 Å². The van der Waals surface area contributed by atoms with E-state index in [1.807, 2.05) is 19.9 Å². The Hall–Kier alpha value is -1.17. The highest BCUT2D eigenvalue weighted by Crippen LogP contribution is 2.08. The Balaban J connectivity index is 2.44. The van der Waals surface area contributed by atoms with Crippen molar-refractivity contribution in [3.05, 3.63) is 24.0 Å². The van der Waals surface area contributed by atoms with E-state index in [4.69, 9.17) is 9.47 Å². The Morgan fingerprint density at radius 2 is 1.74 bits per heavy atom. The maximum atomic E-state index is 9.22. The topological polar surface area (TPSA) is 54.8 Å². The Morgan fingerprint density at radius 3 is 2.21 bits per heavy atom. The highest BCUT2D eigenvalue weighted by atomic mass is 16.5. The van der Waals surface area contributed by atoms with Crippen molar-refractivity contribution < 1.29 is 14.6 Å². The molecule has 1 N–H and O–H groups in total. The van der Waals surface area contributed by atoms with Gasteiger partial charge >= 0.3 is 0 Å². The summed E-state index contributed by atoms with van der Waals surface area (Å²) in [6.07, 6.45) is 1.47. The summed E-state index contributed by atoms with van der Waals surface area (Å²) in [5.74, 6) is 0.193. The molecule has 0 aromatic carbocycles. The smallest absolute Gasteiger partial charge is 0.133 e. The molecule has 1 aromatic heterocycles. The summed E-state index contributed by atoms with van der Waals surface area (Å²) in [7, 11) is 0. The van der Waals surface area contributed by atoms with Gasteiger partial charge in [-0.1, -0.05) is 0 Å². The van der Waals surface area contributed by atoms with Crippen LogP contribution in [0.3, 0.4) is 0 Å². The molecule has 5 heteroatoms. The van der Waals surface area contributed by atoms with Gasteiger partial charge in [-0.3, -0.25) is 9.88 Å². The minimum absolute atomic E-state index is 0.193. The van der Waals surface area contributed by atoms with Gasteiger partial charge in [-0.2, -0.15) is 0 Å². The van der Waals surface area contributed by atoms with Gasteiger partial charge in [0.05, 0.1) is 25.1 Å². The van der Waals surface area contributed by atoms with Crippen LogP contribution in [0.25, 0.3) is 0 Å². The number of ether oxygens (including phenoxy) is 2. The summed E-state index contributed by atoms with van der Waals surface area (Å²) in [5.41, 5.74) is 0.936. The highest BCUT2D eigenvalue weighted by Gasteiger charge is 2.07. The van der Waals surface area contributed by atoms with Gasteiger partial charge in [0, 0.05) is 32.8 Å². The van der Waals surface area contributed by atoms with Crippen LogP contribution in [0.15, 0.2) is 18.3 Å². The van der Waals surface area contributed by atoms with Gasteiger partial charge in [0.25, 0.3) is 0 Å². The van der Waals surface area contributed by atoms with Crippen LogP contribution < -0.4 is 0 Å². The van der Waals surface area contributed by atoms with E-state index in [9.17, 15) is 5.11 Å². The fourth-order valence-electron chi connectivity index (χ4n) is 1.69. The Kier molecular flexibility index (Phi) is 8.13. The number of aromatic hydroxyl groups is 1. The van der Waals surface area contributed by atoms with Gasteiger partial charge in [-0.15, -0.1) is 0 Å². The summed E-state index contributed by atoms with van der Waals surface area (Å²) in [4.78, 5) is 6.44. The molecule has 0 fully saturated rings. The highest BCUT2D eigenvalue weighted by molar-refractivity contribution is 5.17. The second-order valence-electron chi connectivity index (χ2n) is 4.18. The molecule has 0 aliphatic carbocycles. The van der Waals surface area contributed by atoms with E-state index in [2.05, 4.69) is 9.88 Å². The molecule has 0 spiro atoms. The summed E-state index contributed by atoms with van der Waals surface area (Å²) in [5, 5.41) is 9.22. The summed E-state index contributed by atoms with van der Waals surface area (Å²) in [6, 6.07) is 3.50. The molecule has 5 nitrogen and oxygen atoms in total. The first-order valence-corrected chi connectivity index (χ1v) is 6.78. The molecule has 108 valence electrons. The van der Waals surface area contributed by atoms with Gasteiger partial charge in [-0.05, 0) is 26.0 Å². The van der Waals surface area contributed by atoms with Crippen molar-refractivity contribution in [2.75, 3.05) is 39.5 Å². The maximum absolute atomic E-state index is 9.22. The van der Waals surface area contributed by atoms with Crippen LogP contribution in [0.5, 0.6) is 5.75 Å². The molecule has 1 heterocycles. The van der Waals surface area contributed by atoms with Crippen molar-refractivity contribution in [2.24, 2.45) is 0 Å². The molecule has 0 radical (unpaired) electrons. The minimum Gasteiger partial charge on any atom is -0.506 e. The number of hydrogen-bond donors (Lipinski definition) is 1. The summed E-state index contributed by atoms with van der Waals surface area (Å²) < 4.78 is 10.8. The molecule has 0 amide bonds. The fraction of sp³-hybridized carbons (Fsp3) is 0.643. The van der Waals surface area contributed by atoms with Gasteiger partial charge < -0.3 is 14.6 Å². The molecule has 0 aliphatic rings. The van der Waals surface area contributed by atoms with Crippen LogP contribution in [0, 0.1) is 0 Å². The van der Waals surface area contributed by atoms with Crippen molar-refractivity contribution in [3.8, 4) is 5.75 Å². The lowest BCUT2D eigenvalue weighted by atomic mass is 10.3. The SMILES string of the molecule is CCOCCN(CCOCC)Cc1ccc(O)cn1. The zero-order valence-corrected chi connectivity index (χ0v) is 11.8. The zero-order valence-electron chi connectivity index (χ0n) is 11.8. The molecule has 0 unspecified atom stereocenters. The maximum Gasteiger partial charge on any atom is 0.133 e. The Labute approximate surface area is 115 Å². The summed E-state index contributed by atoms with van der Waals surface area (Å²) in [6.45, 7) is 9.31. The third-order valence-corrected chi connectivity index (χ3v) is 2.71. The lowest BCUT2D eigenvalue weighted by Gasteiger charge is -2.21. The quantitative estimate of drug-likeness (QED) is 0.654. The van der Waals surface area contributed by atoms with Gasteiger partial charge in [0.15, 0.2) is 0 Å². The molecule has 0 atom stereocenters. The molecular formula is C14H24N2O3. The van der Waals surface area contributed by atoms with Crippen LogP contribution in [0.1, 0.15) is 19.5 Å². The number of aromatic nitrogens is 1. The Morgan fingerprint density at radius 1 is 1.11 bits per heavy atom. The average molecular weight is 268 g/mol. The number of nitrogens with zero attached hydrogens (tertiary/aromatic N) is 2. The first-order valence-electron chi connectivity index (χ1n) is 6.78. The minimum atomic E-state index is 0.193. The molecule has 0 aliphatic heterocycles. The first-order chi connectivity index (χ1) is 9.26. The third-order valence-electron chi connectivity index (χ3n) is 2.71. The van der Waals surface area contributed by atoms with E-state index in [0.29, 0.717) is 13.2 Å². The van der Waals surface area contributed by atoms with Crippen LogP contribution in [0.2, 0.25) is 0 Å². The molecule has 0 bridgehead atoms. The average Bonchev–Trinajstić information content (AvgIpc) is 2.41. The first kappa shape index (κ1) is 15.9. The predicted molar refractivity (Wildman–Crippen MR) is 74.2 cm³/mol. The predicted octanol–water partition coefficient (Wildman–Crippen LogP) is 1.66. The molecule has 19 heavy (non-hydrogen) atoms. The fourth-order valence-corrected chi connectivity index (χ4v) is 1.69. The standard InChI is InChI=1S/C14H24N2O3/c1-3-18-9-7-16(8-10-19-4-2)12-13-5-6-14(17)11-15-13/h5-6,11,17H,3-4,7-10,12H2,1-2H3. The summed E-state index contributed by atoms with van der Waals surface area (Å²) >= 11 is 0.